The molecule has 1 aromatic rings. The van der Waals surface area contributed by atoms with Crippen LogP contribution in [-0.2, 0) is 9.53 Å². The number of aromatic nitrogens is 1. The van der Waals surface area contributed by atoms with Crippen LogP contribution in [0.3, 0.4) is 0 Å². The second-order valence-corrected chi connectivity index (χ2v) is 3.21. The normalized spacial score (nSPS) is 9.76. The molecule has 0 unspecified atom stereocenters. The average molecular weight is 237 g/mol. The van der Waals surface area contributed by atoms with Gasteiger partial charge in [-0.3, -0.25) is 14.6 Å². The lowest BCUT2D eigenvalue weighted by atomic mass is 10.1. The minimum atomic E-state index is -0.538. The van der Waals surface area contributed by atoms with Crippen LogP contribution >= 0.6 is 0 Å². The molecular weight excluding hydrogens is 222 g/mol. The average Bonchev–Trinajstić information content (AvgIpc) is 2.30. The van der Waals surface area contributed by atoms with E-state index in [9.17, 15) is 9.59 Å². The molecule has 0 spiro atoms. The molecule has 0 saturated heterocycles. The summed E-state index contributed by atoms with van der Waals surface area (Å²) in [6.45, 7) is 4.22. The molecule has 0 N–H and O–H groups in total. The monoisotopic (exact) mass is 237 g/mol. The molecule has 5 nitrogen and oxygen atoms in total. The molecule has 0 amide bonds. The highest BCUT2D eigenvalue weighted by Gasteiger charge is 2.16. The van der Waals surface area contributed by atoms with Crippen LogP contribution in [0, 0.1) is 0 Å². The van der Waals surface area contributed by atoms with Gasteiger partial charge in [0.1, 0.15) is 12.2 Å². The fourth-order valence-corrected chi connectivity index (χ4v) is 1.31. The minimum absolute atomic E-state index is 0.261. The highest BCUT2D eigenvalue weighted by Crippen LogP contribution is 2.18. The summed E-state index contributed by atoms with van der Waals surface area (Å²) >= 11 is 0. The topological polar surface area (TPSA) is 65.5 Å². The van der Waals surface area contributed by atoms with Gasteiger partial charge >= 0.3 is 5.97 Å². The van der Waals surface area contributed by atoms with E-state index in [0.717, 1.165) is 0 Å². The molecule has 1 aromatic heterocycles. The van der Waals surface area contributed by atoms with Gasteiger partial charge in [-0.05, 0) is 19.9 Å². The Morgan fingerprint density at radius 2 is 2.06 bits per heavy atom. The first-order valence-corrected chi connectivity index (χ1v) is 5.44. The summed E-state index contributed by atoms with van der Waals surface area (Å²) in [4.78, 5) is 26.8. The van der Waals surface area contributed by atoms with Gasteiger partial charge in [0.2, 0.25) is 0 Å². The Morgan fingerprint density at radius 1 is 1.29 bits per heavy atom. The van der Waals surface area contributed by atoms with Gasteiger partial charge in [0.25, 0.3) is 0 Å². The van der Waals surface area contributed by atoms with E-state index in [-0.39, 0.29) is 18.8 Å². The third kappa shape index (κ3) is 3.86. The van der Waals surface area contributed by atoms with E-state index in [0.29, 0.717) is 17.9 Å². The fourth-order valence-electron chi connectivity index (χ4n) is 1.31. The van der Waals surface area contributed by atoms with E-state index in [1.807, 2.05) is 6.92 Å². The lowest BCUT2D eigenvalue weighted by Crippen LogP contribution is -2.12. The number of rotatable bonds is 6. The van der Waals surface area contributed by atoms with Crippen molar-refractivity contribution in [2.45, 2.75) is 20.3 Å². The number of nitrogens with zero attached hydrogens (tertiary/aromatic N) is 1. The highest BCUT2D eigenvalue weighted by atomic mass is 16.5. The second-order valence-electron chi connectivity index (χ2n) is 3.21. The molecule has 0 atom stereocenters. The maximum Gasteiger partial charge on any atom is 0.313 e. The molecule has 1 heterocycles. The van der Waals surface area contributed by atoms with Gasteiger partial charge in [-0.25, -0.2) is 0 Å². The zero-order valence-electron chi connectivity index (χ0n) is 9.93. The molecule has 0 aliphatic rings. The van der Waals surface area contributed by atoms with Crippen molar-refractivity contribution in [3.05, 3.63) is 24.0 Å². The quantitative estimate of drug-likeness (QED) is 0.427. The van der Waals surface area contributed by atoms with Gasteiger partial charge in [-0.2, -0.15) is 0 Å². The van der Waals surface area contributed by atoms with Crippen LogP contribution in [0.5, 0.6) is 5.75 Å². The zero-order valence-corrected chi connectivity index (χ0v) is 9.93. The molecule has 0 bridgehead atoms. The fraction of sp³-hybridized carbons (Fsp3) is 0.417. The van der Waals surface area contributed by atoms with E-state index in [4.69, 9.17) is 9.47 Å². The molecule has 0 fully saturated rings. The number of pyridine rings is 1. The van der Waals surface area contributed by atoms with Crippen LogP contribution in [0.15, 0.2) is 18.5 Å². The number of ketones is 1. The molecule has 0 aliphatic heterocycles. The third-order valence-electron chi connectivity index (χ3n) is 1.99. The summed E-state index contributed by atoms with van der Waals surface area (Å²) in [5.41, 5.74) is 0.308. The molecule has 0 radical (unpaired) electrons. The van der Waals surface area contributed by atoms with Crippen molar-refractivity contribution in [3.8, 4) is 5.75 Å². The van der Waals surface area contributed by atoms with Gasteiger partial charge in [0, 0.05) is 12.4 Å². The van der Waals surface area contributed by atoms with Gasteiger partial charge < -0.3 is 9.47 Å². The third-order valence-corrected chi connectivity index (χ3v) is 1.99. The van der Waals surface area contributed by atoms with E-state index >= 15 is 0 Å². The first-order valence-electron chi connectivity index (χ1n) is 5.44. The number of hydrogen-bond donors (Lipinski definition) is 0. The number of carbonyl (C=O) groups excluding carboxylic acids is 2. The SMILES string of the molecule is CCOC(=O)CC(=O)c1cnccc1OCC. The largest absolute Gasteiger partial charge is 0.493 e. The summed E-state index contributed by atoms with van der Waals surface area (Å²) in [5.74, 6) is -0.444. The Labute approximate surface area is 99.8 Å². The van der Waals surface area contributed by atoms with Crippen LogP contribution in [0.25, 0.3) is 0 Å². The molecule has 1 rings (SSSR count). The molecule has 17 heavy (non-hydrogen) atoms. The minimum Gasteiger partial charge on any atom is -0.493 e. The molecule has 92 valence electrons. The summed E-state index contributed by atoms with van der Waals surface area (Å²) < 4.78 is 10.00. The van der Waals surface area contributed by atoms with Crippen molar-refractivity contribution < 1.29 is 19.1 Å². The first kappa shape index (κ1) is 13.2. The zero-order chi connectivity index (χ0) is 12.7. The van der Waals surface area contributed by atoms with Gasteiger partial charge in [0.05, 0.1) is 18.8 Å². The van der Waals surface area contributed by atoms with Crippen molar-refractivity contribution in [2.24, 2.45) is 0 Å². The number of hydrogen-bond acceptors (Lipinski definition) is 5. The van der Waals surface area contributed by atoms with Crippen molar-refractivity contribution in [3.63, 3.8) is 0 Å². The number of esters is 1. The maximum absolute atomic E-state index is 11.8. The van der Waals surface area contributed by atoms with E-state index in [1.165, 1.54) is 12.4 Å². The van der Waals surface area contributed by atoms with E-state index < -0.39 is 5.97 Å². The molecule has 0 aliphatic carbocycles. The van der Waals surface area contributed by atoms with Gasteiger partial charge in [-0.15, -0.1) is 0 Å². The van der Waals surface area contributed by atoms with Crippen molar-refractivity contribution >= 4 is 11.8 Å². The molecule has 0 aromatic carbocycles. The number of carbonyl (C=O) groups is 2. The van der Waals surface area contributed by atoms with E-state index in [2.05, 4.69) is 4.98 Å². The van der Waals surface area contributed by atoms with Gasteiger partial charge in [0.15, 0.2) is 5.78 Å². The van der Waals surface area contributed by atoms with Gasteiger partial charge in [-0.1, -0.05) is 0 Å². The molecular formula is C12H15NO4. The van der Waals surface area contributed by atoms with Crippen molar-refractivity contribution in [1.29, 1.82) is 0 Å². The first-order chi connectivity index (χ1) is 8.19. The van der Waals surface area contributed by atoms with Crippen LogP contribution in [0.4, 0.5) is 0 Å². The lowest BCUT2D eigenvalue weighted by molar-refractivity contribution is -0.141. The standard InChI is InChI=1S/C12H15NO4/c1-3-16-11-5-6-13-8-9(11)10(14)7-12(15)17-4-2/h5-6,8H,3-4,7H2,1-2H3. The Kier molecular flexibility index (Phi) is 5.13. The molecule has 0 saturated carbocycles. The van der Waals surface area contributed by atoms with Crippen LogP contribution < -0.4 is 4.74 Å². The Bertz CT molecular complexity index is 403. The van der Waals surface area contributed by atoms with Crippen LogP contribution in [-0.4, -0.2) is 30.0 Å². The second kappa shape index (κ2) is 6.62. The summed E-state index contributed by atoms with van der Waals surface area (Å²) in [7, 11) is 0. The number of ether oxygens (including phenoxy) is 2. The number of Topliss-reactive ketones (excluding diaryl/α,β-unsaturated/α-hetero) is 1. The smallest absolute Gasteiger partial charge is 0.313 e. The lowest BCUT2D eigenvalue weighted by Gasteiger charge is -2.08. The predicted octanol–water partition coefficient (Wildman–Crippen LogP) is 1.62. The van der Waals surface area contributed by atoms with Crippen LogP contribution in [0.1, 0.15) is 30.6 Å². The van der Waals surface area contributed by atoms with Crippen LogP contribution in [0.2, 0.25) is 0 Å². The summed E-state index contributed by atoms with van der Waals surface area (Å²) in [5, 5.41) is 0. The Balaban J connectivity index is 2.77. The maximum atomic E-state index is 11.8. The Hall–Kier alpha value is -1.91. The summed E-state index contributed by atoms with van der Waals surface area (Å²) in [6, 6.07) is 1.60. The van der Waals surface area contributed by atoms with Crippen molar-refractivity contribution in [2.75, 3.05) is 13.2 Å². The predicted molar refractivity (Wildman–Crippen MR) is 61.0 cm³/mol. The van der Waals surface area contributed by atoms with E-state index in [1.54, 1.807) is 13.0 Å². The summed E-state index contributed by atoms with van der Waals surface area (Å²) in [6.07, 6.45) is 2.64. The Morgan fingerprint density at radius 3 is 2.71 bits per heavy atom. The highest BCUT2D eigenvalue weighted by molar-refractivity contribution is 6.07. The molecule has 5 heteroatoms. The van der Waals surface area contributed by atoms with Crippen molar-refractivity contribution in [1.82, 2.24) is 4.98 Å².